The molecule has 96 valence electrons. The standard InChI is InChI=1S/C11H11ClF4O/c1-2-17-10-5-7(3-4-11(14,15)16)8(12)6-9(10)13/h5-6H,2-4H2,1H3. The number of ether oxygens (including phenoxy) is 1. The number of benzene rings is 1. The number of aryl methyl sites for hydroxylation is 1. The Morgan fingerprint density at radius 1 is 1.29 bits per heavy atom. The fourth-order valence-electron chi connectivity index (χ4n) is 1.31. The van der Waals surface area contributed by atoms with Crippen LogP contribution in [0, 0.1) is 5.82 Å². The lowest BCUT2D eigenvalue weighted by Crippen LogP contribution is -2.09. The molecule has 0 fully saturated rings. The van der Waals surface area contributed by atoms with E-state index in [1.165, 1.54) is 6.07 Å². The average molecular weight is 271 g/mol. The predicted molar refractivity (Wildman–Crippen MR) is 57.0 cm³/mol. The van der Waals surface area contributed by atoms with Gasteiger partial charge in [-0.1, -0.05) is 11.6 Å². The summed E-state index contributed by atoms with van der Waals surface area (Å²) >= 11 is 5.67. The fraction of sp³-hybridized carbons (Fsp3) is 0.455. The number of alkyl halides is 3. The minimum absolute atomic E-state index is 0.0183. The van der Waals surface area contributed by atoms with Crippen molar-refractivity contribution in [2.45, 2.75) is 25.9 Å². The van der Waals surface area contributed by atoms with Gasteiger partial charge in [0.15, 0.2) is 11.6 Å². The van der Waals surface area contributed by atoms with Crippen LogP contribution in [0.25, 0.3) is 0 Å². The Morgan fingerprint density at radius 3 is 2.47 bits per heavy atom. The molecule has 0 unspecified atom stereocenters. The molecule has 1 nitrogen and oxygen atoms in total. The van der Waals surface area contributed by atoms with Crippen LogP contribution in [0.1, 0.15) is 18.9 Å². The molecule has 6 heteroatoms. The summed E-state index contributed by atoms with van der Waals surface area (Å²) < 4.78 is 54.4. The zero-order chi connectivity index (χ0) is 13.1. The lowest BCUT2D eigenvalue weighted by Gasteiger charge is -2.11. The monoisotopic (exact) mass is 270 g/mol. The molecule has 0 amide bonds. The van der Waals surface area contributed by atoms with Crippen LogP contribution in [0.15, 0.2) is 12.1 Å². The van der Waals surface area contributed by atoms with Crippen molar-refractivity contribution in [1.82, 2.24) is 0 Å². The van der Waals surface area contributed by atoms with Gasteiger partial charge in [-0.3, -0.25) is 0 Å². The second kappa shape index (κ2) is 5.58. The van der Waals surface area contributed by atoms with Gasteiger partial charge in [-0.15, -0.1) is 0 Å². The van der Waals surface area contributed by atoms with Crippen LogP contribution in [0.3, 0.4) is 0 Å². The van der Waals surface area contributed by atoms with Crippen LogP contribution in [0.4, 0.5) is 17.6 Å². The van der Waals surface area contributed by atoms with Crippen molar-refractivity contribution in [2.24, 2.45) is 0 Å². The molecule has 0 aromatic heterocycles. The highest BCUT2D eigenvalue weighted by Crippen LogP contribution is 2.29. The van der Waals surface area contributed by atoms with E-state index in [1.807, 2.05) is 0 Å². The lowest BCUT2D eigenvalue weighted by atomic mass is 10.1. The molecule has 0 bridgehead atoms. The molecule has 17 heavy (non-hydrogen) atoms. The first-order valence-corrected chi connectivity index (χ1v) is 5.38. The molecule has 1 aromatic rings. The smallest absolute Gasteiger partial charge is 0.389 e. The Morgan fingerprint density at radius 2 is 1.94 bits per heavy atom. The van der Waals surface area contributed by atoms with Crippen LogP contribution < -0.4 is 4.74 Å². The summed E-state index contributed by atoms with van der Waals surface area (Å²) in [6.07, 6.45) is -5.55. The summed E-state index contributed by atoms with van der Waals surface area (Å²) in [6.45, 7) is 1.89. The second-order valence-electron chi connectivity index (χ2n) is 3.42. The highest BCUT2D eigenvalue weighted by molar-refractivity contribution is 6.31. The van der Waals surface area contributed by atoms with E-state index in [-0.39, 0.29) is 29.4 Å². The summed E-state index contributed by atoms with van der Waals surface area (Å²) in [4.78, 5) is 0. The molecule has 1 rings (SSSR count). The molecule has 0 radical (unpaired) electrons. The number of hydrogen-bond acceptors (Lipinski definition) is 1. The number of rotatable bonds is 4. The molecule has 0 spiro atoms. The maximum atomic E-state index is 13.3. The van der Waals surface area contributed by atoms with Crippen LogP contribution in [-0.2, 0) is 6.42 Å². The van der Waals surface area contributed by atoms with Crippen LogP contribution in [0.2, 0.25) is 5.02 Å². The Bertz CT molecular complexity index is 390. The maximum Gasteiger partial charge on any atom is 0.389 e. The molecule has 0 atom stereocenters. The summed E-state index contributed by atoms with van der Waals surface area (Å²) in [5.41, 5.74) is 0.230. The van der Waals surface area contributed by atoms with Gasteiger partial charge in [0.1, 0.15) is 0 Å². The first-order valence-electron chi connectivity index (χ1n) is 5.01. The summed E-state index contributed by atoms with van der Waals surface area (Å²) in [5, 5.41) is -0.0183. The van der Waals surface area contributed by atoms with Crippen LogP contribution in [0.5, 0.6) is 5.75 Å². The molecular weight excluding hydrogens is 260 g/mol. The van der Waals surface area contributed by atoms with E-state index in [2.05, 4.69) is 0 Å². The number of halogens is 5. The van der Waals surface area contributed by atoms with E-state index < -0.39 is 18.4 Å². The molecule has 1 aromatic carbocycles. The molecule has 0 aliphatic rings. The van der Waals surface area contributed by atoms with Crippen molar-refractivity contribution in [3.8, 4) is 5.75 Å². The first kappa shape index (κ1) is 14.1. The highest BCUT2D eigenvalue weighted by Gasteiger charge is 2.27. The van der Waals surface area contributed by atoms with Crippen molar-refractivity contribution in [3.05, 3.63) is 28.5 Å². The summed E-state index contributed by atoms with van der Waals surface area (Å²) in [7, 11) is 0. The fourth-order valence-corrected chi connectivity index (χ4v) is 1.55. The van der Waals surface area contributed by atoms with Gasteiger partial charge in [-0.2, -0.15) is 13.2 Å². The molecule has 0 saturated carbocycles. The van der Waals surface area contributed by atoms with Crippen molar-refractivity contribution in [3.63, 3.8) is 0 Å². The molecule has 0 aliphatic heterocycles. The topological polar surface area (TPSA) is 9.23 Å². The van der Waals surface area contributed by atoms with Gasteiger partial charge >= 0.3 is 6.18 Å². The normalized spacial score (nSPS) is 11.6. The minimum Gasteiger partial charge on any atom is -0.491 e. The van der Waals surface area contributed by atoms with Gasteiger partial charge in [0.2, 0.25) is 0 Å². The van der Waals surface area contributed by atoms with Crippen LogP contribution >= 0.6 is 11.6 Å². The first-order chi connectivity index (χ1) is 7.83. The van der Waals surface area contributed by atoms with Crippen molar-refractivity contribution >= 4 is 11.6 Å². The van der Waals surface area contributed by atoms with E-state index in [0.29, 0.717) is 0 Å². The van der Waals surface area contributed by atoms with Crippen molar-refractivity contribution in [1.29, 1.82) is 0 Å². The van der Waals surface area contributed by atoms with Crippen molar-refractivity contribution < 1.29 is 22.3 Å². The van der Waals surface area contributed by atoms with Crippen LogP contribution in [-0.4, -0.2) is 12.8 Å². The van der Waals surface area contributed by atoms with Gasteiger partial charge in [0.25, 0.3) is 0 Å². The highest BCUT2D eigenvalue weighted by atomic mass is 35.5. The Hall–Kier alpha value is -0.970. The molecular formula is C11H11ClF4O. The largest absolute Gasteiger partial charge is 0.491 e. The summed E-state index contributed by atoms with van der Waals surface area (Å²) in [5.74, 6) is -0.748. The van der Waals surface area contributed by atoms with Gasteiger partial charge in [-0.05, 0) is 31.0 Å². The molecule has 0 N–H and O–H groups in total. The SMILES string of the molecule is CCOc1cc(CCC(F)(F)F)c(Cl)cc1F. The molecule has 0 saturated heterocycles. The van der Waals surface area contributed by atoms with E-state index >= 15 is 0 Å². The zero-order valence-electron chi connectivity index (χ0n) is 9.07. The lowest BCUT2D eigenvalue weighted by molar-refractivity contribution is -0.133. The van der Waals surface area contributed by atoms with E-state index in [9.17, 15) is 17.6 Å². The minimum atomic E-state index is -4.26. The Balaban J connectivity index is 2.88. The predicted octanol–water partition coefficient (Wildman–Crippen LogP) is 4.37. The quantitative estimate of drug-likeness (QED) is 0.738. The van der Waals surface area contributed by atoms with Gasteiger partial charge in [0, 0.05) is 11.4 Å². The summed E-state index contributed by atoms with van der Waals surface area (Å²) in [6, 6.07) is 2.19. The Kier molecular flexibility index (Phi) is 4.62. The number of hydrogen-bond donors (Lipinski definition) is 0. The third-order valence-corrected chi connectivity index (χ3v) is 2.43. The van der Waals surface area contributed by atoms with E-state index in [4.69, 9.17) is 16.3 Å². The van der Waals surface area contributed by atoms with Crippen molar-refractivity contribution in [2.75, 3.05) is 6.61 Å². The average Bonchev–Trinajstić information content (AvgIpc) is 2.19. The van der Waals surface area contributed by atoms with E-state index in [1.54, 1.807) is 6.92 Å². The van der Waals surface area contributed by atoms with Gasteiger partial charge < -0.3 is 4.74 Å². The third-order valence-electron chi connectivity index (χ3n) is 2.08. The molecule has 0 aliphatic carbocycles. The Labute approximate surface area is 101 Å². The molecule has 0 heterocycles. The zero-order valence-corrected chi connectivity index (χ0v) is 9.83. The van der Waals surface area contributed by atoms with Gasteiger partial charge in [-0.25, -0.2) is 4.39 Å². The second-order valence-corrected chi connectivity index (χ2v) is 3.83. The third kappa shape index (κ3) is 4.42. The van der Waals surface area contributed by atoms with E-state index in [0.717, 1.165) is 6.07 Å². The maximum absolute atomic E-state index is 13.3. The van der Waals surface area contributed by atoms with Gasteiger partial charge in [0.05, 0.1) is 6.61 Å².